The fourth-order valence-corrected chi connectivity index (χ4v) is 1.31. The van der Waals surface area contributed by atoms with Crippen LogP contribution in [-0.4, -0.2) is 19.0 Å². The maximum absolute atomic E-state index is 11.6. The van der Waals surface area contributed by atoms with Gasteiger partial charge in [-0.05, 0) is 38.6 Å². The summed E-state index contributed by atoms with van der Waals surface area (Å²) in [6, 6.07) is 7.73. The fraction of sp³-hybridized carbons (Fsp3) is 0.500. The van der Waals surface area contributed by atoms with Crippen LogP contribution in [0.15, 0.2) is 24.3 Å². The smallest absolute Gasteiger partial charge is 0.251 e. The van der Waals surface area contributed by atoms with Crippen LogP contribution >= 0.6 is 0 Å². The van der Waals surface area contributed by atoms with Crippen LogP contribution in [0.5, 0.6) is 0 Å². The second kappa shape index (κ2) is 9.62. The minimum absolute atomic E-state index is 0.0249. The quantitative estimate of drug-likeness (QED) is 0.702. The number of amides is 1. The molecule has 3 N–H and O–H groups in total. The molecule has 0 saturated heterocycles. The Kier molecular flexibility index (Phi) is 8.88. The minimum atomic E-state index is -0.0249. The van der Waals surface area contributed by atoms with E-state index in [-0.39, 0.29) is 11.9 Å². The lowest BCUT2D eigenvalue weighted by Crippen LogP contribution is -2.30. The van der Waals surface area contributed by atoms with E-state index in [2.05, 4.69) is 16.2 Å². The van der Waals surface area contributed by atoms with Crippen molar-refractivity contribution in [1.29, 1.82) is 0 Å². The number of nitrogens with one attached hydrogen (secondary N) is 3. The zero-order chi connectivity index (χ0) is 14.0. The Hall–Kier alpha value is -1.39. The highest BCUT2D eigenvalue weighted by atomic mass is 16.1. The molecule has 0 aromatic heterocycles. The first-order valence-electron chi connectivity index (χ1n) is 6.43. The zero-order valence-corrected chi connectivity index (χ0v) is 12.0. The molecule has 4 heteroatoms. The number of carbonyl (C=O) groups excluding carboxylic acids is 1. The molecule has 0 atom stereocenters. The van der Waals surface area contributed by atoms with Gasteiger partial charge in [0.25, 0.3) is 5.91 Å². The Bertz CT molecular complexity index is 333. The summed E-state index contributed by atoms with van der Waals surface area (Å²) in [4.78, 5) is 11.6. The van der Waals surface area contributed by atoms with Crippen molar-refractivity contribution in [3.8, 4) is 0 Å². The van der Waals surface area contributed by atoms with Crippen molar-refractivity contribution >= 4 is 5.91 Å². The molecule has 18 heavy (non-hydrogen) atoms. The lowest BCUT2D eigenvalue weighted by molar-refractivity contribution is 0.0943. The number of benzene rings is 1. The van der Waals surface area contributed by atoms with Gasteiger partial charge in [0.15, 0.2) is 0 Å². The summed E-state index contributed by atoms with van der Waals surface area (Å²) in [5.74, 6) is -0.0249. The molecule has 0 unspecified atom stereocenters. The van der Waals surface area contributed by atoms with E-state index in [9.17, 15) is 4.79 Å². The summed E-state index contributed by atoms with van der Waals surface area (Å²) >= 11 is 0. The van der Waals surface area contributed by atoms with E-state index < -0.39 is 0 Å². The van der Waals surface area contributed by atoms with Gasteiger partial charge < -0.3 is 5.32 Å². The summed E-state index contributed by atoms with van der Waals surface area (Å²) in [5.41, 5.74) is 7.68. The predicted octanol–water partition coefficient (Wildman–Crippen LogP) is 2.07. The molecule has 0 radical (unpaired) electrons. The SMILES string of the molecule is CC.CNNCc1ccc(C(=O)NC(C)C)cc1. The number of hydrogen-bond acceptors (Lipinski definition) is 3. The monoisotopic (exact) mass is 251 g/mol. The normalized spacial score (nSPS) is 9.67. The molecule has 0 bridgehead atoms. The lowest BCUT2D eigenvalue weighted by atomic mass is 10.1. The Labute approximate surface area is 110 Å². The summed E-state index contributed by atoms with van der Waals surface area (Å²) in [7, 11) is 1.82. The van der Waals surface area contributed by atoms with E-state index in [0.29, 0.717) is 5.56 Å². The van der Waals surface area contributed by atoms with Gasteiger partial charge in [-0.15, -0.1) is 0 Å². The number of rotatable bonds is 5. The molecule has 0 saturated carbocycles. The molecule has 0 spiro atoms. The van der Waals surface area contributed by atoms with Crippen LogP contribution in [0.1, 0.15) is 43.6 Å². The summed E-state index contributed by atoms with van der Waals surface area (Å²) in [5, 5.41) is 2.85. The maximum Gasteiger partial charge on any atom is 0.251 e. The van der Waals surface area contributed by atoms with Crippen LogP contribution in [0.3, 0.4) is 0 Å². The molecular formula is C14H25N3O. The predicted molar refractivity (Wildman–Crippen MR) is 76.3 cm³/mol. The van der Waals surface area contributed by atoms with E-state index >= 15 is 0 Å². The molecule has 0 aliphatic carbocycles. The molecule has 0 aliphatic heterocycles. The number of hydrogen-bond donors (Lipinski definition) is 3. The molecule has 102 valence electrons. The van der Waals surface area contributed by atoms with E-state index in [1.54, 1.807) is 0 Å². The molecule has 1 aromatic carbocycles. The van der Waals surface area contributed by atoms with Gasteiger partial charge in [-0.2, -0.15) is 0 Å². The standard InChI is InChI=1S/C12H19N3O.C2H6/c1-9(2)15-12(16)11-6-4-10(5-7-11)8-14-13-3;1-2/h4-7,9,13-14H,8H2,1-3H3,(H,15,16);1-2H3. The van der Waals surface area contributed by atoms with Crippen LogP contribution < -0.4 is 16.2 Å². The molecule has 0 fully saturated rings. The van der Waals surface area contributed by atoms with Gasteiger partial charge >= 0.3 is 0 Å². The molecular weight excluding hydrogens is 226 g/mol. The summed E-state index contributed by atoms with van der Waals surface area (Å²) in [6.45, 7) is 8.63. The average Bonchev–Trinajstić information content (AvgIpc) is 2.38. The third-order valence-corrected chi connectivity index (χ3v) is 2.11. The Balaban J connectivity index is 0.00000137. The number of hydrazine groups is 1. The first kappa shape index (κ1) is 16.6. The van der Waals surface area contributed by atoms with Gasteiger partial charge in [0, 0.05) is 18.2 Å². The summed E-state index contributed by atoms with van der Waals surface area (Å²) < 4.78 is 0. The summed E-state index contributed by atoms with van der Waals surface area (Å²) in [6.07, 6.45) is 0. The molecule has 1 aromatic rings. The van der Waals surface area contributed by atoms with Gasteiger partial charge in [0.1, 0.15) is 0 Å². The second-order valence-corrected chi connectivity index (χ2v) is 3.93. The molecule has 1 amide bonds. The highest BCUT2D eigenvalue weighted by Gasteiger charge is 2.05. The van der Waals surface area contributed by atoms with E-state index in [4.69, 9.17) is 0 Å². The Morgan fingerprint density at radius 3 is 2.17 bits per heavy atom. The first-order valence-corrected chi connectivity index (χ1v) is 6.43. The highest BCUT2D eigenvalue weighted by Crippen LogP contribution is 2.04. The maximum atomic E-state index is 11.6. The molecule has 4 nitrogen and oxygen atoms in total. The van der Waals surface area contributed by atoms with Gasteiger partial charge in [0.2, 0.25) is 0 Å². The third kappa shape index (κ3) is 6.37. The van der Waals surface area contributed by atoms with Crippen molar-refractivity contribution in [2.75, 3.05) is 7.05 Å². The zero-order valence-electron chi connectivity index (χ0n) is 12.0. The molecule has 0 aliphatic rings. The van der Waals surface area contributed by atoms with Crippen molar-refractivity contribution in [1.82, 2.24) is 16.2 Å². The van der Waals surface area contributed by atoms with E-state index in [0.717, 1.165) is 12.1 Å². The van der Waals surface area contributed by atoms with Gasteiger partial charge in [-0.1, -0.05) is 26.0 Å². The van der Waals surface area contributed by atoms with Gasteiger partial charge in [0.05, 0.1) is 0 Å². The van der Waals surface area contributed by atoms with Gasteiger partial charge in [-0.25, -0.2) is 0 Å². The van der Waals surface area contributed by atoms with Crippen molar-refractivity contribution in [3.05, 3.63) is 35.4 Å². The van der Waals surface area contributed by atoms with Crippen LogP contribution in [-0.2, 0) is 6.54 Å². The van der Waals surface area contributed by atoms with Crippen LogP contribution in [0.4, 0.5) is 0 Å². The first-order chi connectivity index (χ1) is 8.63. The Morgan fingerprint density at radius 2 is 1.72 bits per heavy atom. The molecule has 1 rings (SSSR count). The van der Waals surface area contributed by atoms with Crippen molar-refractivity contribution < 1.29 is 4.79 Å². The second-order valence-electron chi connectivity index (χ2n) is 3.93. The van der Waals surface area contributed by atoms with Crippen LogP contribution in [0.25, 0.3) is 0 Å². The van der Waals surface area contributed by atoms with E-state index in [1.165, 1.54) is 0 Å². The van der Waals surface area contributed by atoms with Crippen molar-refractivity contribution in [2.24, 2.45) is 0 Å². The third-order valence-electron chi connectivity index (χ3n) is 2.11. The van der Waals surface area contributed by atoms with Gasteiger partial charge in [-0.3, -0.25) is 15.6 Å². The minimum Gasteiger partial charge on any atom is -0.350 e. The average molecular weight is 251 g/mol. The van der Waals surface area contributed by atoms with Crippen LogP contribution in [0, 0.1) is 0 Å². The topological polar surface area (TPSA) is 53.2 Å². The Morgan fingerprint density at radius 1 is 1.17 bits per heavy atom. The van der Waals surface area contributed by atoms with Crippen molar-refractivity contribution in [3.63, 3.8) is 0 Å². The highest BCUT2D eigenvalue weighted by molar-refractivity contribution is 5.94. The number of carbonyl (C=O) groups is 1. The van der Waals surface area contributed by atoms with E-state index in [1.807, 2.05) is 59.0 Å². The largest absolute Gasteiger partial charge is 0.350 e. The fourth-order valence-electron chi connectivity index (χ4n) is 1.31. The van der Waals surface area contributed by atoms with Crippen LogP contribution in [0.2, 0.25) is 0 Å². The van der Waals surface area contributed by atoms with Crippen molar-refractivity contribution in [2.45, 2.75) is 40.3 Å². The molecule has 0 heterocycles. The lowest BCUT2D eigenvalue weighted by Gasteiger charge is -2.09.